The molecule has 37 heavy (non-hydrogen) atoms. The molecule has 2 saturated heterocycles. The van der Waals surface area contributed by atoms with Crippen molar-refractivity contribution in [2.75, 3.05) is 26.2 Å². The molecular formula is C25H31F3N8O. The van der Waals surface area contributed by atoms with Crippen LogP contribution in [0.2, 0.25) is 0 Å². The van der Waals surface area contributed by atoms with Crippen molar-refractivity contribution in [2.24, 2.45) is 16.7 Å². The molecule has 2 aromatic heterocycles. The van der Waals surface area contributed by atoms with E-state index in [1.54, 1.807) is 0 Å². The molecule has 1 N–H and O–H groups in total. The zero-order valence-electron chi connectivity index (χ0n) is 20.7. The van der Waals surface area contributed by atoms with Gasteiger partial charge in [-0.2, -0.15) is 23.4 Å². The third-order valence-electron chi connectivity index (χ3n) is 10.0. The summed E-state index contributed by atoms with van der Waals surface area (Å²) in [5.74, 6) is 2.40. The van der Waals surface area contributed by atoms with E-state index < -0.39 is 11.6 Å². The minimum Gasteiger partial charge on any atom is -0.323 e. The van der Waals surface area contributed by atoms with Crippen LogP contribution in [0.3, 0.4) is 0 Å². The van der Waals surface area contributed by atoms with Crippen molar-refractivity contribution in [1.82, 2.24) is 39.7 Å². The van der Waals surface area contributed by atoms with E-state index in [1.165, 1.54) is 12.8 Å². The van der Waals surface area contributed by atoms with Gasteiger partial charge in [0.05, 0.1) is 6.04 Å². The molecule has 4 aliphatic carbocycles. The number of urea groups is 1. The summed E-state index contributed by atoms with van der Waals surface area (Å²) < 4.78 is 42.0. The highest BCUT2D eigenvalue weighted by atomic mass is 19.4. The van der Waals surface area contributed by atoms with Gasteiger partial charge in [-0.15, -0.1) is 0 Å². The molecule has 4 heterocycles. The van der Waals surface area contributed by atoms with E-state index in [4.69, 9.17) is 0 Å². The topological polar surface area (TPSA) is 95.8 Å². The first-order valence-electron chi connectivity index (χ1n) is 13.6. The molecule has 0 bridgehead atoms. The van der Waals surface area contributed by atoms with E-state index in [0.717, 1.165) is 57.7 Å². The average Bonchev–Trinajstić information content (AvgIpc) is 3.66. The minimum atomic E-state index is -4.28. The van der Waals surface area contributed by atoms with Crippen molar-refractivity contribution >= 4 is 6.03 Å². The van der Waals surface area contributed by atoms with Crippen molar-refractivity contribution in [3.63, 3.8) is 0 Å². The van der Waals surface area contributed by atoms with E-state index in [0.29, 0.717) is 30.1 Å². The standard InChI is InChI=1S/C25H31F3N8O/c26-25(27,28)24(3-4-24)20-30-18(31-32-20)5-15-6-22(7-15)10-34(11-22)21(37)35-12-23(13-35)8-17(9-23)36-14-29-19(33-36)16-1-2-16/h14-17H,1-13H2,(H,30,31,32). The van der Waals surface area contributed by atoms with Gasteiger partial charge in [0, 0.05) is 49.3 Å². The first kappa shape index (κ1) is 22.3. The Morgan fingerprint density at radius 3 is 2.27 bits per heavy atom. The lowest BCUT2D eigenvalue weighted by Gasteiger charge is -2.63. The molecule has 198 valence electrons. The lowest BCUT2D eigenvalue weighted by molar-refractivity contribution is -0.162. The van der Waals surface area contributed by atoms with Crippen molar-refractivity contribution in [3.05, 3.63) is 23.8 Å². The summed E-state index contributed by atoms with van der Waals surface area (Å²) in [4.78, 5) is 25.6. The van der Waals surface area contributed by atoms with Crippen molar-refractivity contribution in [1.29, 1.82) is 0 Å². The van der Waals surface area contributed by atoms with Gasteiger partial charge in [0.1, 0.15) is 17.6 Å². The van der Waals surface area contributed by atoms with E-state index in [9.17, 15) is 18.0 Å². The number of nitrogens with zero attached hydrogens (tertiary/aromatic N) is 7. The first-order chi connectivity index (χ1) is 17.6. The number of alkyl halides is 3. The van der Waals surface area contributed by atoms with E-state index >= 15 is 0 Å². The molecule has 12 heteroatoms. The predicted octanol–water partition coefficient (Wildman–Crippen LogP) is 3.58. The highest BCUT2D eigenvalue weighted by Gasteiger charge is 2.66. The van der Waals surface area contributed by atoms with Gasteiger partial charge in [0.25, 0.3) is 0 Å². The van der Waals surface area contributed by atoms with Crippen LogP contribution >= 0.6 is 0 Å². The van der Waals surface area contributed by atoms with Gasteiger partial charge in [-0.05, 0) is 57.3 Å². The molecule has 6 aliphatic rings. The number of amides is 2. The number of halogens is 3. The second kappa shape index (κ2) is 7.05. The number of aromatic nitrogens is 6. The number of H-pyrrole nitrogens is 1. The largest absolute Gasteiger partial charge is 0.401 e. The summed E-state index contributed by atoms with van der Waals surface area (Å²) in [5.41, 5.74) is -1.37. The second-order valence-electron chi connectivity index (χ2n) is 13.1. The van der Waals surface area contributed by atoms with Crippen LogP contribution in [-0.4, -0.2) is 78.1 Å². The molecule has 9 nitrogen and oxygen atoms in total. The number of aromatic amines is 1. The van der Waals surface area contributed by atoms with Gasteiger partial charge < -0.3 is 9.80 Å². The van der Waals surface area contributed by atoms with Crippen molar-refractivity contribution in [2.45, 2.75) is 81.3 Å². The number of rotatable bonds is 5. The SMILES string of the molecule is O=C(N1CC2(CC(Cc3n[nH]c(C4(C(F)(F)F)CC4)n3)C2)C1)N1CC2(CC(n3cnc(C4CC4)n3)C2)C1. The lowest BCUT2D eigenvalue weighted by atomic mass is 9.57. The average molecular weight is 517 g/mol. The summed E-state index contributed by atoms with van der Waals surface area (Å²) in [6.07, 6.45) is 4.91. The number of hydrogen-bond acceptors (Lipinski definition) is 5. The molecule has 2 aromatic rings. The zero-order valence-corrected chi connectivity index (χ0v) is 20.7. The number of likely N-dealkylation sites (tertiary alicyclic amines) is 2. The Bertz CT molecular complexity index is 1230. The molecule has 6 fully saturated rings. The van der Waals surface area contributed by atoms with Crippen LogP contribution < -0.4 is 0 Å². The van der Waals surface area contributed by atoms with Crippen LogP contribution in [0, 0.1) is 16.7 Å². The maximum absolute atomic E-state index is 13.3. The fourth-order valence-corrected chi connectivity index (χ4v) is 7.58. The fourth-order valence-electron chi connectivity index (χ4n) is 7.58. The highest BCUT2D eigenvalue weighted by Crippen LogP contribution is 2.58. The Hall–Kier alpha value is -2.66. The number of carbonyl (C=O) groups excluding carboxylic acids is 1. The lowest BCUT2D eigenvalue weighted by Crippen LogP contribution is -2.71. The highest BCUT2D eigenvalue weighted by molar-refractivity contribution is 5.77. The Balaban J connectivity index is 0.781. The molecule has 0 unspecified atom stereocenters. The molecule has 2 spiro atoms. The molecule has 2 amide bonds. The van der Waals surface area contributed by atoms with Crippen molar-refractivity contribution in [3.8, 4) is 0 Å². The summed E-state index contributed by atoms with van der Waals surface area (Å²) in [7, 11) is 0. The van der Waals surface area contributed by atoms with Crippen LogP contribution in [0.25, 0.3) is 0 Å². The number of carbonyl (C=O) groups is 1. The number of nitrogens with one attached hydrogen (secondary N) is 1. The quantitative estimate of drug-likeness (QED) is 0.656. The van der Waals surface area contributed by atoms with Gasteiger partial charge in [-0.3, -0.25) is 5.10 Å². The van der Waals surface area contributed by atoms with Crippen molar-refractivity contribution < 1.29 is 18.0 Å². The smallest absolute Gasteiger partial charge is 0.323 e. The molecular weight excluding hydrogens is 485 g/mol. The Morgan fingerprint density at radius 2 is 1.68 bits per heavy atom. The molecule has 0 radical (unpaired) electrons. The predicted molar refractivity (Wildman–Crippen MR) is 123 cm³/mol. The molecule has 4 saturated carbocycles. The summed E-state index contributed by atoms with van der Waals surface area (Å²) in [6, 6.07) is 0.570. The number of hydrogen-bond donors (Lipinski definition) is 1. The molecule has 2 aliphatic heterocycles. The third kappa shape index (κ3) is 3.39. The van der Waals surface area contributed by atoms with Gasteiger partial charge in [-0.1, -0.05) is 0 Å². The van der Waals surface area contributed by atoms with Crippen LogP contribution in [0.1, 0.15) is 80.8 Å². The first-order valence-corrected chi connectivity index (χ1v) is 13.6. The Morgan fingerprint density at radius 1 is 1.03 bits per heavy atom. The van der Waals surface area contributed by atoms with E-state index in [2.05, 4.69) is 25.3 Å². The molecule has 0 atom stereocenters. The zero-order chi connectivity index (χ0) is 25.2. The maximum Gasteiger partial charge on any atom is 0.401 e. The van der Waals surface area contributed by atoms with Crippen LogP contribution in [-0.2, 0) is 11.8 Å². The van der Waals surface area contributed by atoms with E-state index in [-0.39, 0.29) is 35.5 Å². The van der Waals surface area contributed by atoms with Gasteiger partial charge in [0.15, 0.2) is 11.6 Å². The van der Waals surface area contributed by atoms with Crippen LogP contribution in [0.5, 0.6) is 0 Å². The fraction of sp³-hybridized carbons (Fsp3) is 0.800. The summed E-state index contributed by atoms with van der Waals surface area (Å²) in [5, 5.41) is 11.3. The third-order valence-corrected chi connectivity index (χ3v) is 10.0. The maximum atomic E-state index is 13.3. The Kier molecular flexibility index (Phi) is 4.25. The minimum absolute atomic E-state index is 0.0288. The van der Waals surface area contributed by atoms with Gasteiger partial charge in [0.2, 0.25) is 0 Å². The second-order valence-corrected chi connectivity index (χ2v) is 13.1. The monoisotopic (exact) mass is 516 g/mol. The summed E-state index contributed by atoms with van der Waals surface area (Å²) in [6.45, 7) is 3.25. The van der Waals surface area contributed by atoms with Crippen LogP contribution in [0.15, 0.2) is 6.33 Å². The molecule has 0 aromatic carbocycles. The van der Waals surface area contributed by atoms with Crippen LogP contribution in [0.4, 0.5) is 18.0 Å². The summed E-state index contributed by atoms with van der Waals surface area (Å²) >= 11 is 0. The van der Waals surface area contributed by atoms with Gasteiger partial charge in [-0.25, -0.2) is 19.4 Å². The normalized spacial score (nSPS) is 27.5. The Labute approximate surface area is 212 Å². The molecule has 8 rings (SSSR count). The van der Waals surface area contributed by atoms with Gasteiger partial charge >= 0.3 is 12.2 Å². The van der Waals surface area contributed by atoms with E-state index in [1.807, 2.05) is 20.8 Å².